The molecule has 0 bridgehead atoms. The van der Waals surface area contributed by atoms with Crippen molar-refractivity contribution < 1.29 is 19.1 Å². The molecule has 11 heteroatoms. The average molecular weight is 608 g/mol. The molecule has 4 rings (SSSR count). The third kappa shape index (κ3) is 6.62. The summed E-state index contributed by atoms with van der Waals surface area (Å²) in [6, 6.07) is 15.7. The highest BCUT2D eigenvalue weighted by Gasteiger charge is 2.34. The second-order valence-electron chi connectivity index (χ2n) is 8.12. The number of carbonyl (C=O) groups is 2. The van der Waals surface area contributed by atoms with Gasteiger partial charge in [0.15, 0.2) is 15.8 Å². The molecule has 38 heavy (non-hydrogen) atoms. The fourth-order valence-corrected chi connectivity index (χ4v) is 5.39. The quantitative estimate of drug-likeness (QED) is 0.212. The number of halogens is 3. The molecule has 6 nitrogen and oxygen atoms in total. The van der Waals surface area contributed by atoms with E-state index in [9.17, 15) is 9.59 Å². The van der Waals surface area contributed by atoms with Crippen LogP contribution in [-0.2, 0) is 11.4 Å². The van der Waals surface area contributed by atoms with E-state index in [1.807, 2.05) is 26.0 Å². The Hall–Kier alpha value is -2.75. The summed E-state index contributed by atoms with van der Waals surface area (Å²) in [7, 11) is 0. The Morgan fingerprint density at radius 1 is 1.05 bits per heavy atom. The van der Waals surface area contributed by atoms with Crippen molar-refractivity contribution in [2.75, 3.05) is 6.61 Å². The summed E-state index contributed by atoms with van der Waals surface area (Å²) >= 11 is 25.1. The number of hydrogen-bond acceptors (Lipinski definition) is 6. The first-order valence-electron chi connectivity index (χ1n) is 11.3. The summed E-state index contributed by atoms with van der Waals surface area (Å²) in [6.07, 6.45) is 1.63. The molecule has 1 aliphatic heterocycles. The van der Waals surface area contributed by atoms with Crippen LogP contribution in [0.2, 0.25) is 15.1 Å². The summed E-state index contributed by atoms with van der Waals surface area (Å²) in [5, 5.41) is 2.25. The average Bonchev–Trinajstić information content (AvgIpc) is 3.12. The second kappa shape index (κ2) is 12.4. The molecule has 1 heterocycles. The molecule has 0 radical (unpaired) electrons. The van der Waals surface area contributed by atoms with Gasteiger partial charge in [-0.25, -0.2) is 0 Å². The number of hydrazine groups is 1. The first-order valence-corrected chi connectivity index (χ1v) is 13.7. The van der Waals surface area contributed by atoms with E-state index in [1.165, 1.54) is 0 Å². The summed E-state index contributed by atoms with van der Waals surface area (Å²) < 4.78 is 11.9. The van der Waals surface area contributed by atoms with Crippen molar-refractivity contribution in [3.05, 3.63) is 96.8 Å². The van der Waals surface area contributed by atoms with Gasteiger partial charge in [0.05, 0.1) is 27.1 Å². The van der Waals surface area contributed by atoms with Gasteiger partial charge in [-0.15, -0.1) is 0 Å². The van der Waals surface area contributed by atoms with Crippen LogP contribution in [-0.4, -0.2) is 27.8 Å². The maximum atomic E-state index is 13.1. The third-order valence-electron chi connectivity index (χ3n) is 5.30. The van der Waals surface area contributed by atoms with Crippen LogP contribution in [0.4, 0.5) is 0 Å². The zero-order valence-corrected chi connectivity index (χ0v) is 24.1. The van der Waals surface area contributed by atoms with Crippen molar-refractivity contribution in [3.8, 4) is 11.5 Å². The summed E-state index contributed by atoms with van der Waals surface area (Å²) in [4.78, 5) is 26.1. The first-order chi connectivity index (χ1) is 18.2. The van der Waals surface area contributed by atoms with Crippen LogP contribution in [0, 0.1) is 6.92 Å². The molecule has 0 saturated carbocycles. The van der Waals surface area contributed by atoms with Crippen molar-refractivity contribution in [1.29, 1.82) is 0 Å². The van der Waals surface area contributed by atoms with Gasteiger partial charge in [-0.2, -0.15) is 5.01 Å². The summed E-state index contributed by atoms with van der Waals surface area (Å²) in [5.41, 5.74) is 5.19. The number of thioether (sulfide) groups is 1. The van der Waals surface area contributed by atoms with E-state index in [1.54, 1.807) is 48.5 Å². The Morgan fingerprint density at radius 3 is 2.47 bits per heavy atom. The Balaban J connectivity index is 1.53. The molecule has 3 aromatic rings. The number of thiocarbonyl (C=S) groups is 1. The van der Waals surface area contributed by atoms with Crippen molar-refractivity contribution in [1.82, 2.24) is 10.4 Å². The monoisotopic (exact) mass is 606 g/mol. The largest absolute Gasteiger partial charge is 0.490 e. The molecule has 0 aromatic heterocycles. The van der Waals surface area contributed by atoms with Crippen LogP contribution in [0.1, 0.15) is 34.0 Å². The molecule has 3 aromatic carbocycles. The number of carbonyl (C=O) groups excluding carboxylic acids is 2. The maximum absolute atomic E-state index is 13.1. The smallest absolute Gasteiger partial charge is 0.285 e. The number of benzene rings is 3. The number of ether oxygens (including phenoxy) is 2. The van der Waals surface area contributed by atoms with E-state index in [4.69, 9.17) is 56.5 Å². The molecule has 0 aliphatic carbocycles. The van der Waals surface area contributed by atoms with Gasteiger partial charge in [0.1, 0.15) is 6.61 Å². The lowest BCUT2D eigenvalue weighted by atomic mass is 10.1. The predicted molar refractivity (Wildman–Crippen MR) is 157 cm³/mol. The first kappa shape index (κ1) is 28.3. The fraction of sp³-hybridized carbons (Fsp3) is 0.148. The minimum Gasteiger partial charge on any atom is -0.490 e. The van der Waals surface area contributed by atoms with Gasteiger partial charge in [0.25, 0.3) is 11.8 Å². The van der Waals surface area contributed by atoms with Crippen molar-refractivity contribution in [3.63, 3.8) is 0 Å². The van der Waals surface area contributed by atoms with E-state index >= 15 is 0 Å². The highest BCUT2D eigenvalue weighted by molar-refractivity contribution is 8.26. The Bertz CT molecular complexity index is 1440. The van der Waals surface area contributed by atoms with Gasteiger partial charge in [-0.3, -0.25) is 15.0 Å². The molecule has 0 unspecified atom stereocenters. The van der Waals surface area contributed by atoms with E-state index in [0.717, 1.165) is 27.9 Å². The Labute approximate surface area is 244 Å². The Morgan fingerprint density at radius 2 is 1.79 bits per heavy atom. The number of nitrogens with one attached hydrogen (secondary N) is 1. The van der Waals surface area contributed by atoms with Crippen LogP contribution in [0.5, 0.6) is 11.5 Å². The number of hydrogen-bond donors (Lipinski definition) is 1. The van der Waals surface area contributed by atoms with Crippen LogP contribution < -0.4 is 14.9 Å². The SMILES string of the molecule is CCOc1cc(/C=C2/SC(=S)N(NC(=O)c3ccc(C)cc3Cl)C2=O)cc(Cl)c1OCc1ccc(Cl)cc1. The number of nitrogens with zero attached hydrogens (tertiary/aromatic N) is 1. The molecule has 196 valence electrons. The zero-order chi connectivity index (χ0) is 27.4. The molecule has 1 saturated heterocycles. The van der Waals surface area contributed by atoms with Gasteiger partial charge in [0, 0.05) is 5.02 Å². The van der Waals surface area contributed by atoms with E-state index in [0.29, 0.717) is 38.6 Å². The van der Waals surface area contributed by atoms with Crippen LogP contribution in [0.15, 0.2) is 59.5 Å². The minimum absolute atomic E-state index is 0.178. The lowest BCUT2D eigenvalue weighted by Gasteiger charge is -2.16. The molecule has 0 spiro atoms. The van der Waals surface area contributed by atoms with E-state index < -0.39 is 11.8 Å². The molecule has 0 atom stereocenters. The topological polar surface area (TPSA) is 67.9 Å². The molecule has 1 fully saturated rings. The standard InChI is InChI=1S/C27H21Cl3N2O4S2/c1-3-35-22-12-17(11-21(30)24(22)36-14-16-5-7-18(28)8-6-16)13-23-26(34)32(27(37)38-23)31-25(33)19-9-4-15(2)10-20(19)29/h4-13H,3,14H2,1-2H3,(H,31,33)/b23-13+. The fourth-order valence-electron chi connectivity index (χ4n) is 3.49. The van der Waals surface area contributed by atoms with Gasteiger partial charge in [-0.1, -0.05) is 64.8 Å². The normalized spacial score (nSPS) is 14.2. The molecular formula is C27H21Cl3N2O4S2. The lowest BCUT2D eigenvalue weighted by molar-refractivity contribution is -0.123. The van der Waals surface area contributed by atoms with Crippen LogP contribution in [0.25, 0.3) is 6.08 Å². The minimum atomic E-state index is -0.545. The summed E-state index contributed by atoms with van der Waals surface area (Å²) in [5.74, 6) is -0.210. The van der Waals surface area contributed by atoms with E-state index in [-0.39, 0.29) is 21.5 Å². The zero-order valence-electron chi connectivity index (χ0n) is 20.2. The van der Waals surface area contributed by atoms with Crippen molar-refractivity contribution >= 4 is 81.0 Å². The lowest BCUT2D eigenvalue weighted by Crippen LogP contribution is -2.44. The molecular weight excluding hydrogens is 587 g/mol. The van der Waals surface area contributed by atoms with Gasteiger partial charge in [-0.05, 0) is 85.2 Å². The Kier molecular flexibility index (Phi) is 9.23. The highest BCUT2D eigenvalue weighted by atomic mass is 35.5. The van der Waals surface area contributed by atoms with Crippen molar-refractivity contribution in [2.24, 2.45) is 0 Å². The van der Waals surface area contributed by atoms with Gasteiger partial charge < -0.3 is 9.47 Å². The maximum Gasteiger partial charge on any atom is 0.285 e. The molecule has 1 N–H and O–H groups in total. The second-order valence-corrected chi connectivity index (χ2v) is 11.0. The molecule has 2 amide bonds. The summed E-state index contributed by atoms with van der Waals surface area (Å²) in [6.45, 7) is 4.35. The number of rotatable bonds is 8. The van der Waals surface area contributed by atoms with E-state index in [2.05, 4.69) is 5.43 Å². The van der Waals surface area contributed by atoms with Crippen molar-refractivity contribution in [2.45, 2.75) is 20.5 Å². The van der Waals surface area contributed by atoms with Gasteiger partial charge in [0.2, 0.25) is 0 Å². The molecule has 1 aliphatic rings. The number of aryl methyl sites for hydroxylation is 1. The third-order valence-corrected chi connectivity index (χ3v) is 7.45. The van der Waals surface area contributed by atoms with Gasteiger partial charge >= 0.3 is 0 Å². The number of amides is 2. The highest BCUT2D eigenvalue weighted by Crippen LogP contribution is 2.39. The van der Waals surface area contributed by atoms with Crippen LogP contribution in [0.3, 0.4) is 0 Å². The predicted octanol–water partition coefficient (Wildman–Crippen LogP) is 7.48. The van der Waals surface area contributed by atoms with Crippen LogP contribution >= 0.6 is 58.8 Å².